The summed E-state index contributed by atoms with van der Waals surface area (Å²) in [5.74, 6) is -0.611. The lowest BCUT2D eigenvalue weighted by Gasteiger charge is -2.22. The summed E-state index contributed by atoms with van der Waals surface area (Å²) in [6.07, 6.45) is 6.23. The Hall–Kier alpha value is -2.10. The molecule has 0 radical (unpaired) electrons. The predicted octanol–water partition coefficient (Wildman–Crippen LogP) is 2.77. The van der Waals surface area contributed by atoms with Crippen molar-refractivity contribution in [3.63, 3.8) is 0 Å². The fraction of sp³-hybridized carbons (Fsp3) is 0.474. The molecule has 1 aliphatic carbocycles. The van der Waals surface area contributed by atoms with Gasteiger partial charge < -0.3 is 15.7 Å². The molecule has 3 rings (SSSR count). The number of rotatable bonds is 6. The first-order valence-corrected chi connectivity index (χ1v) is 11.3. The average molecular weight is 442 g/mol. The Labute approximate surface area is 174 Å². The molecule has 0 aliphatic heterocycles. The molecule has 0 aromatic heterocycles. The molecule has 0 spiro atoms. The van der Waals surface area contributed by atoms with Crippen molar-refractivity contribution in [1.29, 1.82) is 0 Å². The molecule has 1 aliphatic rings. The number of nitrogens with one attached hydrogen (secondary N) is 2. The van der Waals surface area contributed by atoms with E-state index in [4.69, 9.17) is 11.6 Å². The lowest BCUT2D eigenvalue weighted by Crippen LogP contribution is -2.39. The van der Waals surface area contributed by atoms with E-state index in [0.717, 1.165) is 42.8 Å². The van der Waals surface area contributed by atoms with Gasteiger partial charge in [-0.25, -0.2) is 12.7 Å². The standard InChI is InChI=1S/C19H24ClN3O5S/c1-23(2)29(27,28)19-12(20)9-10-13(16(19)24)22-15-14(17(25)18(15)26)21-11-7-5-3-4-6-8-11/h9-11,21-22,24H,3-8H2,1-2H3. The minimum absolute atomic E-state index is 0.0186. The highest BCUT2D eigenvalue weighted by Gasteiger charge is 2.29. The Bertz CT molecular complexity index is 1080. The van der Waals surface area contributed by atoms with Crippen molar-refractivity contribution in [2.24, 2.45) is 0 Å². The molecular formula is C19H24ClN3O5S. The molecule has 3 N–H and O–H groups in total. The highest BCUT2D eigenvalue weighted by Crippen LogP contribution is 2.39. The van der Waals surface area contributed by atoms with E-state index in [1.165, 1.54) is 26.2 Å². The molecule has 1 saturated carbocycles. The first-order valence-electron chi connectivity index (χ1n) is 9.45. The summed E-state index contributed by atoms with van der Waals surface area (Å²) in [5.41, 5.74) is -1.16. The second-order valence-electron chi connectivity index (χ2n) is 7.43. The molecule has 158 valence electrons. The van der Waals surface area contributed by atoms with Crippen molar-refractivity contribution >= 4 is 38.7 Å². The van der Waals surface area contributed by atoms with E-state index in [9.17, 15) is 23.1 Å². The van der Waals surface area contributed by atoms with E-state index in [2.05, 4.69) is 10.6 Å². The van der Waals surface area contributed by atoms with Crippen LogP contribution >= 0.6 is 11.6 Å². The van der Waals surface area contributed by atoms with Gasteiger partial charge in [0.2, 0.25) is 10.0 Å². The first-order chi connectivity index (χ1) is 13.6. The van der Waals surface area contributed by atoms with Gasteiger partial charge in [0.1, 0.15) is 16.3 Å². The van der Waals surface area contributed by atoms with Gasteiger partial charge in [0.25, 0.3) is 10.9 Å². The second-order valence-corrected chi connectivity index (χ2v) is 9.92. The van der Waals surface area contributed by atoms with Crippen LogP contribution in [0, 0.1) is 0 Å². The summed E-state index contributed by atoms with van der Waals surface area (Å²) in [6, 6.07) is 2.77. The summed E-state index contributed by atoms with van der Waals surface area (Å²) in [6.45, 7) is 0. The van der Waals surface area contributed by atoms with Crippen LogP contribution in [0.15, 0.2) is 26.6 Å². The molecule has 0 amide bonds. The maximum absolute atomic E-state index is 12.5. The molecule has 8 nitrogen and oxygen atoms in total. The van der Waals surface area contributed by atoms with E-state index in [1.54, 1.807) is 0 Å². The smallest absolute Gasteiger partial charge is 0.253 e. The van der Waals surface area contributed by atoms with Crippen molar-refractivity contribution in [2.75, 3.05) is 24.7 Å². The highest BCUT2D eigenvalue weighted by atomic mass is 35.5. The molecule has 0 saturated heterocycles. The van der Waals surface area contributed by atoms with Gasteiger partial charge in [-0.3, -0.25) is 9.59 Å². The number of aromatic hydroxyl groups is 1. The van der Waals surface area contributed by atoms with E-state index in [-0.39, 0.29) is 28.1 Å². The Balaban J connectivity index is 1.93. The van der Waals surface area contributed by atoms with Crippen molar-refractivity contribution in [3.8, 4) is 5.75 Å². The largest absolute Gasteiger partial charge is 0.504 e. The van der Waals surface area contributed by atoms with Crippen LogP contribution in [-0.4, -0.2) is 38.0 Å². The molecule has 0 bridgehead atoms. The summed E-state index contributed by atoms with van der Waals surface area (Å²) in [4.78, 5) is 23.7. The molecule has 0 atom stereocenters. The maximum atomic E-state index is 12.5. The first kappa shape index (κ1) is 21.6. The minimum Gasteiger partial charge on any atom is -0.504 e. The predicted molar refractivity (Wildman–Crippen MR) is 114 cm³/mol. The van der Waals surface area contributed by atoms with Gasteiger partial charge in [0.15, 0.2) is 5.75 Å². The molecule has 29 heavy (non-hydrogen) atoms. The van der Waals surface area contributed by atoms with E-state index in [0.29, 0.717) is 0 Å². The highest BCUT2D eigenvalue weighted by molar-refractivity contribution is 7.89. The molecule has 0 unspecified atom stereocenters. The van der Waals surface area contributed by atoms with Crippen molar-refractivity contribution in [3.05, 3.63) is 37.6 Å². The zero-order chi connectivity index (χ0) is 21.3. The topological polar surface area (TPSA) is 116 Å². The van der Waals surface area contributed by atoms with Gasteiger partial charge in [0, 0.05) is 20.1 Å². The maximum Gasteiger partial charge on any atom is 0.253 e. The average Bonchev–Trinajstić information content (AvgIpc) is 2.94. The van der Waals surface area contributed by atoms with Crippen LogP contribution in [-0.2, 0) is 10.0 Å². The third-order valence-electron chi connectivity index (χ3n) is 5.20. The second kappa shape index (κ2) is 8.33. The number of phenols is 1. The van der Waals surface area contributed by atoms with Crippen molar-refractivity contribution in [1.82, 2.24) is 4.31 Å². The zero-order valence-electron chi connectivity index (χ0n) is 16.3. The number of hydrogen-bond donors (Lipinski definition) is 3. The van der Waals surface area contributed by atoms with E-state index >= 15 is 0 Å². The lowest BCUT2D eigenvalue weighted by molar-refractivity contribution is 0.455. The number of halogens is 1. The van der Waals surface area contributed by atoms with Crippen LogP contribution in [0.2, 0.25) is 5.02 Å². The summed E-state index contributed by atoms with van der Waals surface area (Å²) >= 11 is 6.00. The van der Waals surface area contributed by atoms with Gasteiger partial charge in [-0.15, -0.1) is 0 Å². The third-order valence-corrected chi connectivity index (χ3v) is 7.51. The van der Waals surface area contributed by atoms with Gasteiger partial charge in [-0.1, -0.05) is 37.3 Å². The lowest BCUT2D eigenvalue weighted by atomic mass is 10.1. The van der Waals surface area contributed by atoms with E-state index in [1.807, 2.05) is 0 Å². The molecule has 0 heterocycles. The number of phenolic OH excluding ortho intramolecular Hbond substituents is 1. The van der Waals surface area contributed by atoms with Crippen LogP contribution in [0.5, 0.6) is 5.75 Å². The SMILES string of the molecule is CN(C)S(=O)(=O)c1c(Cl)ccc(Nc2c(NC3CCCCCC3)c(=O)c2=O)c1O. The van der Waals surface area contributed by atoms with Crippen molar-refractivity contribution < 1.29 is 13.5 Å². The van der Waals surface area contributed by atoms with Crippen LogP contribution in [0.1, 0.15) is 38.5 Å². The number of nitrogens with zero attached hydrogens (tertiary/aromatic N) is 1. The normalized spacial score (nSPS) is 16.1. The van der Waals surface area contributed by atoms with Gasteiger partial charge in [0.05, 0.1) is 10.7 Å². The molecule has 1 fully saturated rings. The number of hydrogen-bond acceptors (Lipinski definition) is 7. The fourth-order valence-corrected chi connectivity index (χ4v) is 4.97. The monoisotopic (exact) mass is 441 g/mol. The van der Waals surface area contributed by atoms with Crippen molar-refractivity contribution in [2.45, 2.75) is 49.5 Å². The number of anilines is 3. The van der Waals surface area contributed by atoms with Crippen LogP contribution in [0.3, 0.4) is 0 Å². The molecule has 2 aromatic rings. The molecule has 2 aromatic carbocycles. The Morgan fingerprint density at radius 3 is 2.21 bits per heavy atom. The zero-order valence-corrected chi connectivity index (χ0v) is 17.9. The van der Waals surface area contributed by atoms with Crippen LogP contribution in [0.4, 0.5) is 17.1 Å². The third kappa shape index (κ3) is 4.12. The van der Waals surface area contributed by atoms with Gasteiger partial charge in [-0.05, 0) is 25.0 Å². The number of sulfonamides is 1. The van der Waals surface area contributed by atoms with E-state index < -0.39 is 31.5 Å². The molecular weight excluding hydrogens is 418 g/mol. The van der Waals surface area contributed by atoms with Gasteiger partial charge >= 0.3 is 0 Å². The summed E-state index contributed by atoms with van der Waals surface area (Å²) in [7, 11) is -1.39. The Kier molecular flexibility index (Phi) is 6.21. The molecule has 10 heteroatoms. The summed E-state index contributed by atoms with van der Waals surface area (Å²) < 4.78 is 25.9. The van der Waals surface area contributed by atoms with Crippen LogP contribution in [0.25, 0.3) is 0 Å². The number of benzene rings is 1. The Morgan fingerprint density at radius 2 is 1.62 bits per heavy atom. The minimum atomic E-state index is -4.02. The fourth-order valence-electron chi connectivity index (χ4n) is 3.49. The Morgan fingerprint density at radius 1 is 1.03 bits per heavy atom. The summed E-state index contributed by atoms with van der Waals surface area (Å²) in [5, 5.41) is 16.2. The van der Waals surface area contributed by atoms with Crippen LogP contribution < -0.4 is 21.5 Å². The quantitative estimate of drug-likeness (QED) is 0.358. The van der Waals surface area contributed by atoms with Gasteiger partial charge in [-0.2, -0.15) is 0 Å².